The summed E-state index contributed by atoms with van der Waals surface area (Å²) in [5, 5.41) is 4.26. The Bertz CT molecular complexity index is 575. The number of hydrogen-bond acceptors (Lipinski definition) is 2. The minimum atomic E-state index is -0.361. The van der Waals surface area contributed by atoms with Crippen LogP contribution in [0.2, 0.25) is 10.0 Å². The van der Waals surface area contributed by atoms with E-state index in [4.69, 9.17) is 23.2 Å². The monoisotopic (exact) mass is 298 g/mol. The number of pyridine rings is 1. The maximum atomic E-state index is 13.3. The van der Waals surface area contributed by atoms with E-state index in [0.29, 0.717) is 10.0 Å². The van der Waals surface area contributed by atoms with Crippen molar-refractivity contribution in [2.24, 2.45) is 0 Å². The van der Waals surface area contributed by atoms with E-state index in [1.807, 2.05) is 13.0 Å². The first-order valence-corrected chi connectivity index (χ1v) is 6.66. The fourth-order valence-corrected chi connectivity index (χ4v) is 2.22. The molecular weight excluding hydrogens is 286 g/mol. The van der Waals surface area contributed by atoms with Crippen molar-refractivity contribution < 1.29 is 4.39 Å². The summed E-state index contributed by atoms with van der Waals surface area (Å²) >= 11 is 11.9. The number of nitrogens with zero attached hydrogens (tertiary/aromatic N) is 1. The van der Waals surface area contributed by atoms with E-state index in [1.54, 1.807) is 18.3 Å². The first-order valence-electron chi connectivity index (χ1n) is 5.90. The van der Waals surface area contributed by atoms with Gasteiger partial charge in [0.15, 0.2) is 0 Å². The van der Waals surface area contributed by atoms with Crippen molar-refractivity contribution in [2.45, 2.75) is 13.0 Å². The van der Waals surface area contributed by atoms with Crippen LogP contribution in [-0.4, -0.2) is 11.5 Å². The van der Waals surface area contributed by atoms with E-state index in [2.05, 4.69) is 10.3 Å². The van der Waals surface area contributed by atoms with E-state index < -0.39 is 0 Å². The van der Waals surface area contributed by atoms with E-state index in [-0.39, 0.29) is 11.9 Å². The summed E-state index contributed by atoms with van der Waals surface area (Å²) in [5.41, 5.74) is 1.67. The van der Waals surface area contributed by atoms with Crippen molar-refractivity contribution in [1.82, 2.24) is 10.3 Å². The number of nitrogens with one attached hydrogen (secondary N) is 1. The number of aromatic nitrogens is 1. The molecule has 5 heteroatoms. The number of benzene rings is 1. The van der Waals surface area contributed by atoms with Crippen molar-refractivity contribution in [3.63, 3.8) is 0 Å². The molecule has 100 valence electrons. The summed E-state index contributed by atoms with van der Waals surface area (Å²) in [5.74, 6) is -0.361. The van der Waals surface area contributed by atoms with Crippen LogP contribution in [0.5, 0.6) is 0 Å². The van der Waals surface area contributed by atoms with Crippen LogP contribution < -0.4 is 5.32 Å². The Kier molecular flexibility index (Phi) is 4.75. The summed E-state index contributed by atoms with van der Waals surface area (Å²) in [6.45, 7) is 2.72. The lowest BCUT2D eigenvalue weighted by Gasteiger charge is -2.19. The van der Waals surface area contributed by atoms with Crippen LogP contribution >= 0.6 is 23.2 Å². The maximum Gasteiger partial charge on any atom is 0.141 e. The van der Waals surface area contributed by atoms with Crippen LogP contribution in [0.1, 0.15) is 24.1 Å². The van der Waals surface area contributed by atoms with Crippen LogP contribution in [0.25, 0.3) is 0 Å². The normalized spacial score (nSPS) is 12.4. The third kappa shape index (κ3) is 3.44. The molecule has 0 radical (unpaired) electrons. The van der Waals surface area contributed by atoms with Crippen LogP contribution in [0, 0.1) is 5.82 Å². The summed E-state index contributed by atoms with van der Waals surface area (Å²) in [6, 6.07) is 6.68. The fourth-order valence-electron chi connectivity index (χ4n) is 1.91. The summed E-state index contributed by atoms with van der Waals surface area (Å²) < 4.78 is 13.3. The van der Waals surface area contributed by atoms with E-state index in [9.17, 15) is 4.39 Å². The van der Waals surface area contributed by atoms with E-state index >= 15 is 0 Å². The Labute approximate surface area is 121 Å². The van der Waals surface area contributed by atoms with Crippen LogP contribution in [0.3, 0.4) is 0 Å². The highest BCUT2D eigenvalue weighted by molar-refractivity contribution is 6.42. The molecule has 1 aromatic carbocycles. The lowest BCUT2D eigenvalue weighted by molar-refractivity contribution is 0.596. The Morgan fingerprint density at radius 2 is 1.95 bits per heavy atom. The molecule has 2 aromatic rings. The van der Waals surface area contributed by atoms with Gasteiger partial charge >= 0.3 is 0 Å². The van der Waals surface area contributed by atoms with Crippen LogP contribution in [0.4, 0.5) is 4.39 Å². The average molecular weight is 299 g/mol. The smallest absolute Gasteiger partial charge is 0.141 e. The molecule has 1 atom stereocenters. The van der Waals surface area contributed by atoms with Gasteiger partial charge in [0.2, 0.25) is 0 Å². The Balaban J connectivity index is 2.42. The molecule has 0 fully saturated rings. The molecule has 1 unspecified atom stereocenters. The second-order valence-corrected chi connectivity index (χ2v) is 4.92. The predicted octanol–water partition coefficient (Wildman–Crippen LogP) is 4.23. The van der Waals surface area contributed by atoms with Gasteiger partial charge in [-0.05, 0) is 35.9 Å². The van der Waals surface area contributed by atoms with Crippen molar-refractivity contribution >= 4 is 23.2 Å². The molecule has 1 N–H and O–H groups in total. The van der Waals surface area contributed by atoms with Crippen molar-refractivity contribution in [2.75, 3.05) is 6.54 Å². The molecule has 0 aliphatic heterocycles. The third-order valence-corrected chi connectivity index (χ3v) is 3.48. The number of rotatable bonds is 4. The molecular formula is C14H13Cl2FN2. The standard InChI is InChI=1S/C14H13Cl2FN2/c1-2-19-14(10-5-11(17)8-18-7-10)9-3-4-12(15)13(16)6-9/h3-8,14,19H,2H2,1H3. The molecule has 0 saturated carbocycles. The van der Waals surface area contributed by atoms with E-state index in [0.717, 1.165) is 17.7 Å². The Hall–Kier alpha value is -1.16. The van der Waals surface area contributed by atoms with Crippen LogP contribution in [-0.2, 0) is 0 Å². The molecule has 0 amide bonds. The van der Waals surface area contributed by atoms with Gasteiger partial charge in [0.1, 0.15) is 5.82 Å². The predicted molar refractivity (Wildman–Crippen MR) is 76.2 cm³/mol. The molecule has 0 spiro atoms. The minimum absolute atomic E-state index is 0.164. The van der Waals surface area contributed by atoms with Crippen molar-refractivity contribution in [1.29, 1.82) is 0 Å². The van der Waals surface area contributed by atoms with Crippen molar-refractivity contribution in [3.8, 4) is 0 Å². The summed E-state index contributed by atoms with van der Waals surface area (Å²) in [7, 11) is 0. The fraction of sp³-hybridized carbons (Fsp3) is 0.214. The van der Waals surface area contributed by atoms with Crippen molar-refractivity contribution in [3.05, 3.63) is 63.6 Å². The Morgan fingerprint density at radius 3 is 2.58 bits per heavy atom. The van der Waals surface area contributed by atoms with Gasteiger partial charge in [-0.15, -0.1) is 0 Å². The maximum absolute atomic E-state index is 13.3. The first kappa shape index (κ1) is 14.3. The molecule has 0 aliphatic rings. The second-order valence-electron chi connectivity index (χ2n) is 4.10. The zero-order valence-electron chi connectivity index (χ0n) is 10.3. The SMILES string of the molecule is CCNC(c1cncc(F)c1)c1ccc(Cl)c(Cl)c1. The molecule has 2 nitrogen and oxygen atoms in total. The molecule has 2 rings (SSSR count). The minimum Gasteiger partial charge on any atom is -0.306 e. The zero-order valence-corrected chi connectivity index (χ0v) is 11.8. The third-order valence-electron chi connectivity index (χ3n) is 2.74. The molecule has 19 heavy (non-hydrogen) atoms. The number of halogens is 3. The highest BCUT2D eigenvalue weighted by atomic mass is 35.5. The van der Waals surface area contributed by atoms with Gasteiger partial charge in [-0.1, -0.05) is 36.2 Å². The molecule has 1 heterocycles. The van der Waals surface area contributed by atoms with Crippen LogP contribution in [0.15, 0.2) is 36.7 Å². The molecule has 0 bridgehead atoms. The molecule has 0 aliphatic carbocycles. The highest BCUT2D eigenvalue weighted by Gasteiger charge is 2.15. The van der Waals surface area contributed by atoms with Gasteiger partial charge in [0, 0.05) is 6.20 Å². The van der Waals surface area contributed by atoms with Gasteiger partial charge in [0.05, 0.1) is 22.3 Å². The van der Waals surface area contributed by atoms with E-state index in [1.165, 1.54) is 12.3 Å². The topological polar surface area (TPSA) is 24.9 Å². The van der Waals surface area contributed by atoms with Gasteiger partial charge in [-0.2, -0.15) is 0 Å². The summed E-state index contributed by atoms with van der Waals surface area (Å²) in [4.78, 5) is 3.88. The quantitative estimate of drug-likeness (QED) is 0.914. The zero-order chi connectivity index (χ0) is 13.8. The van der Waals surface area contributed by atoms with Gasteiger partial charge < -0.3 is 5.32 Å². The summed E-state index contributed by atoms with van der Waals surface area (Å²) in [6.07, 6.45) is 2.82. The average Bonchev–Trinajstić information content (AvgIpc) is 2.39. The largest absolute Gasteiger partial charge is 0.306 e. The lowest BCUT2D eigenvalue weighted by atomic mass is 10.00. The highest BCUT2D eigenvalue weighted by Crippen LogP contribution is 2.28. The lowest BCUT2D eigenvalue weighted by Crippen LogP contribution is -2.22. The van der Waals surface area contributed by atoms with Gasteiger partial charge in [-0.3, -0.25) is 4.98 Å². The first-order chi connectivity index (χ1) is 9.11. The number of hydrogen-bond donors (Lipinski definition) is 1. The van der Waals surface area contributed by atoms with Gasteiger partial charge in [-0.25, -0.2) is 4.39 Å². The molecule has 1 aromatic heterocycles. The second kappa shape index (κ2) is 6.33. The molecule has 0 saturated heterocycles. The van der Waals surface area contributed by atoms with Gasteiger partial charge in [0.25, 0.3) is 0 Å². The Morgan fingerprint density at radius 1 is 1.16 bits per heavy atom.